The predicted molar refractivity (Wildman–Crippen MR) is 103 cm³/mol. The standard InChI is InChI=1S/C22H23N3/c1-2-6-18(7-3-1)8-5-15-25-16-12-19(13-17-25)21-11-10-20-9-4-14-23-22(20)24-21/h1-11,14,19H,12-13,15-17H2. The van der Waals surface area contributed by atoms with Gasteiger partial charge in [0.2, 0.25) is 0 Å². The van der Waals surface area contributed by atoms with Crippen molar-refractivity contribution in [3.63, 3.8) is 0 Å². The largest absolute Gasteiger partial charge is 0.300 e. The van der Waals surface area contributed by atoms with Gasteiger partial charge in [-0.3, -0.25) is 4.90 Å². The normalized spacial score (nSPS) is 16.6. The van der Waals surface area contributed by atoms with E-state index in [0.29, 0.717) is 5.92 Å². The smallest absolute Gasteiger partial charge is 0.159 e. The maximum Gasteiger partial charge on any atom is 0.159 e. The molecule has 1 saturated heterocycles. The van der Waals surface area contributed by atoms with Crippen LogP contribution >= 0.6 is 0 Å². The van der Waals surface area contributed by atoms with E-state index in [9.17, 15) is 0 Å². The minimum Gasteiger partial charge on any atom is -0.300 e. The lowest BCUT2D eigenvalue weighted by Gasteiger charge is -2.30. The molecule has 3 heteroatoms. The summed E-state index contributed by atoms with van der Waals surface area (Å²) in [6.07, 6.45) is 8.65. The summed E-state index contributed by atoms with van der Waals surface area (Å²) in [5, 5.41) is 1.12. The molecule has 2 aromatic heterocycles. The maximum absolute atomic E-state index is 4.78. The van der Waals surface area contributed by atoms with Crippen LogP contribution in [0.3, 0.4) is 0 Å². The minimum absolute atomic E-state index is 0.556. The Balaban J connectivity index is 1.33. The molecule has 25 heavy (non-hydrogen) atoms. The molecule has 0 N–H and O–H groups in total. The Kier molecular flexibility index (Phi) is 4.84. The quantitative estimate of drug-likeness (QED) is 0.704. The SMILES string of the molecule is C(=Cc1ccccc1)CN1CCC(c2ccc3cccnc3n2)CC1. The summed E-state index contributed by atoms with van der Waals surface area (Å²) in [5.41, 5.74) is 3.34. The van der Waals surface area contributed by atoms with Crippen molar-refractivity contribution in [3.05, 3.63) is 78.1 Å². The molecule has 3 nitrogen and oxygen atoms in total. The number of hydrogen-bond acceptors (Lipinski definition) is 3. The van der Waals surface area contributed by atoms with E-state index in [-0.39, 0.29) is 0 Å². The van der Waals surface area contributed by atoms with Crippen molar-refractivity contribution in [2.24, 2.45) is 0 Å². The number of fused-ring (bicyclic) bond motifs is 1. The van der Waals surface area contributed by atoms with E-state index in [4.69, 9.17) is 4.98 Å². The van der Waals surface area contributed by atoms with Crippen LogP contribution in [0.25, 0.3) is 17.1 Å². The number of likely N-dealkylation sites (tertiary alicyclic amines) is 1. The van der Waals surface area contributed by atoms with Crippen LogP contribution in [0.2, 0.25) is 0 Å². The molecule has 0 radical (unpaired) electrons. The van der Waals surface area contributed by atoms with Crippen LogP contribution < -0.4 is 0 Å². The number of rotatable bonds is 4. The zero-order valence-electron chi connectivity index (χ0n) is 14.4. The van der Waals surface area contributed by atoms with Gasteiger partial charge >= 0.3 is 0 Å². The Morgan fingerprint density at radius 2 is 1.80 bits per heavy atom. The molecule has 126 valence electrons. The topological polar surface area (TPSA) is 29.0 Å². The molecule has 1 fully saturated rings. The summed E-state index contributed by atoms with van der Waals surface area (Å²) in [5.74, 6) is 0.556. The zero-order chi connectivity index (χ0) is 16.9. The highest BCUT2D eigenvalue weighted by molar-refractivity contribution is 5.74. The lowest BCUT2D eigenvalue weighted by Crippen LogP contribution is -2.33. The monoisotopic (exact) mass is 329 g/mol. The summed E-state index contributed by atoms with van der Waals surface area (Å²) < 4.78 is 0. The van der Waals surface area contributed by atoms with Crippen LogP contribution in [-0.4, -0.2) is 34.5 Å². The van der Waals surface area contributed by atoms with Gasteiger partial charge in [0.05, 0.1) is 0 Å². The first-order valence-corrected chi connectivity index (χ1v) is 9.04. The van der Waals surface area contributed by atoms with Crippen molar-refractivity contribution < 1.29 is 0 Å². The van der Waals surface area contributed by atoms with E-state index in [1.807, 2.05) is 12.3 Å². The van der Waals surface area contributed by atoms with Gasteiger partial charge < -0.3 is 0 Å². The highest BCUT2D eigenvalue weighted by Gasteiger charge is 2.21. The third-order valence-corrected chi connectivity index (χ3v) is 4.96. The molecule has 0 unspecified atom stereocenters. The molecule has 0 saturated carbocycles. The van der Waals surface area contributed by atoms with Crippen molar-refractivity contribution in [3.8, 4) is 0 Å². The third kappa shape index (κ3) is 3.94. The van der Waals surface area contributed by atoms with E-state index in [0.717, 1.165) is 30.7 Å². The number of benzene rings is 1. The van der Waals surface area contributed by atoms with Crippen LogP contribution in [-0.2, 0) is 0 Å². The first-order chi connectivity index (χ1) is 12.4. The number of piperidine rings is 1. The van der Waals surface area contributed by atoms with Gasteiger partial charge in [-0.15, -0.1) is 0 Å². The fraction of sp³-hybridized carbons (Fsp3) is 0.273. The van der Waals surface area contributed by atoms with Crippen LogP contribution in [0, 0.1) is 0 Å². The van der Waals surface area contributed by atoms with Crippen molar-refractivity contribution >= 4 is 17.1 Å². The Morgan fingerprint density at radius 1 is 0.960 bits per heavy atom. The summed E-state index contributed by atoms with van der Waals surface area (Å²) in [7, 11) is 0. The van der Waals surface area contributed by atoms with E-state index in [1.54, 1.807) is 0 Å². The molecule has 4 rings (SSSR count). The number of aromatic nitrogens is 2. The van der Waals surface area contributed by atoms with Crippen molar-refractivity contribution in [2.75, 3.05) is 19.6 Å². The third-order valence-electron chi connectivity index (χ3n) is 4.96. The second-order valence-electron chi connectivity index (χ2n) is 6.67. The highest BCUT2D eigenvalue weighted by atomic mass is 15.1. The van der Waals surface area contributed by atoms with Gasteiger partial charge in [0.1, 0.15) is 0 Å². The lowest BCUT2D eigenvalue weighted by atomic mass is 9.93. The zero-order valence-corrected chi connectivity index (χ0v) is 14.4. The van der Waals surface area contributed by atoms with Gasteiger partial charge in [-0.2, -0.15) is 0 Å². The Morgan fingerprint density at radius 3 is 2.64 bits per heavy atom. The number of hydrogen-bond donors (Lipinski definition) is 0. The summed E-state index contributed by atoms with van der Waals surface area (Å²) >= 11 is 0. The second kappa shape index (κ2) is 7.58. The fourth-order valence-corrected chi connectivity index (χ4v) is 3.51. The molecule has 1 aromatic carbocycles. The Hall–Kier alpha value is -2.52. The highest BCUT2D eigenvalue weighted by Crippen LogP contribution is 2.27. The summed E-state index contributed by atoms with van der Waals surface area (Å²) in [6.45, 7) is 3.28. The Bertz CT molecular complexity index is 849. The van der Waals surface area contributed by atoms with Crippen LogP contribution in [0.15, 0.2) is 66.9 Å². The molecular formula is C22H23N3. The second-order valence-corrected chi connectivity index (χ2v) is 6.67. The van der Waals surface area contributed by atoms with Crippen molar-refractivity contribution in [2.45, 2.75) is 18.8 Å². The molecule has 0 spiro atoms. The van der Waals surface area contributed by atoms with Gasteiger partial charge in [-0.1, -0.05) is 42.5 Å². The average Bonchev–Trinajstić information content (AvgIpc) is 2.69. The molecule has 1 aliphatic rings. The van der Waals surface area contributed by atoms with E-state index in [2.05, 4.69) is 70.6 Å². The minimum atomic E-state index is 0.556. The molecule has 0 atom stereocenters. The molecule has 0 aliphatic carbocycles. The van der Waals surface area contributed by atoms with Crippen molar-refractivity contribution in [1.29, 1.82) is 0 Å². The van der Waals surface area contributed by atoms with Gasteiger partial charge in [-0.25, -0.2) is 9.97 Å². The number of nitrogens with zero attached hydrogens (tertiary/aromatic N) is 3. The first-order valence-electron chi connectivity index (χ1n) is 9.04. The van der Waals surface area contributed by atoms with Crippen LogP contribution in [0.5, 0.6) is 0 Å². The Labute approximate surface area is 149 Å². The first kappa shape index (κ1) is 16.0. The van der Waals surface area contributed by atoms with E-state index < -0.39 is 0 Å². The van der Waals surface area contributed by atoms with Crippen LogP contribution in [0.1, 0.15) is 30.0 Å². The molecular weight excluding hydrogens is 306 g/mol. The lowest BCUT2D eigenvalue weighted by molar-refractivity contribution is 0.231. The van der Waals surface area contributed by atoms with Gasteiger partial charge in [-0.05, 0) is 55.8 Å². The van der Waals surface area contributed by atoms with E-state index in [1.165, 1.54) is 24.1 Å². The van der Waals surface area contributed by atoms with Gasteiger partial charge in [0.15, 0.2) is 5.65 Å². The molecule has 3 aromatic rings. The summed E-state index contributed by atoms with van der Waals surface area (Å²) in [6, 6.07) is 18.9. The summed E-state index contributed by atoms with van der Waals surface area (Å²) in [4.78, 5) is 11.7. The van der Waals surface area contributed by atoms with Gasteiger partial charge in [0.25, 0.3) is 0 Å². The molecule has 0 bridgehead atoms. The van der Waals surface area contributed by atoms with Crippen molar-refractivity contribution in [1.82, 2.24) is 14.9 Å². The molecule has 1 aliphatic heterocycles. The van der Waals surface area contributed by atoms with Gasteiger partial charge in [0, 0.05) is 29.7 Å². The predicted octanol–water partition coefficient (Wildman–Crippen LogP) is 4.52. The van der Waals surface area contributed by atoms with E-state index >= 15 is 0 Å². The number of pyridine rings is 2. The molecule has 3 heterocycles. The molecule has 0 amide bonds. The average molecular weight is 329 g/mol. The maximum atomic E-state index is 4.78. The fourth-order valence-electron chi connectivity index (χ4n) is 3.51. The van der Waals surface area contributed by atoms with Crippen LogP contribution in [0.4, 0.5) is 0 Å².